The second kappa shape index (κ2) is 5.80. The molecular formula is C14H24N2O3. The summed E-state index contributed by atoms with van der Waals surface area (Å²) in [7, 11) is 1.88. The summed E-state index contributed by atoms with van der Waals surface area (Å²) >= 11 is 0. The smallest absolute Gasteiger partial charge is 0.320 e. The Morgan fingerprint density at radius 1 is 1.21 bits per heavy atom. The summed E-state index contributed by atoms with van der Waals surface area (Å²) in [5.41, 5.74) is 0. The van der Waals surface area contributed by atoms with Crippen LogP contribution in [0.2, 0.25) is 0 Å². The Morgan fingerprint density at radius 3 is 2.37 bits per heavy atom. The largest absolute Gasteiger partial charge is 0.481 e. The van der Waals surface area contributed by atoms with Crippen LogP contribution < -0.4 is 0 Å². The number of aliphatic carboxylic acids is 1. The number of carbonyl (C=O) groups excluding carboxylic acids is 1. The lowest BCUT2D eigenvalue weighted by molar-refractivity contribution is -0.143. The van der Waals surface area contributed by atoms with Gasteiger partial charge in [0.15, 0.2) is 0 Å². The molecule has 0 spiro atoms. The minimum atomic E-state index is -0.733. The van der Waals surface area contributed by atoms with Gasteiger partial charge >= 0.3 is 12.0 Å². The Hall–Kier alpha value is -1.26. The van der Waals surface area contributed by atoms with Crippen LogP contribution in [0.3, 0.4) is 0 Å². The molecule has 2 amide bonds. The molecule has 0 bridgehead atoms. The van der Waals surface area contributed by atoms with Crippen molar-refractivity contribution in [3.63, 3.8) is 0 Å². The maximum atomic E-state index is 12.5. The van der Waals surface area contributed by atoms with Crippen LogP contribution in [0, 0.1) is 5.92 Å². The number of urea groups is 1. The third-order valence-electron chi connectivity index (χ3n) is 4.65. The molecule has 2 unspecified atom stereocenters. The van der Waals surface area contributed by atoms with Crippen LogP contribution in [-0.4, -0.2) is 52.6 Å². The van der Waals surface area contributed by atoms with Crippen LogP contribution in [0.5, 0.6) is 0 Å². The average molecular weight is 268 g/mol. The van der Waals surface area contributed by atoms with E-state index in [9.17, 15) is 9.59 Å². The second-order valence-electron chi connectivity index (χ2n) is 5.93. The van der Waals surface area contributed by atoms with Gasteiger partial charge in [0, 0.05) is 25.7 Å². The molecule has 0 aromatic carbocycles. The molecule has 2 atom stereocenters. The van der Waals surface area contributed by atoms with E-state index in [4.69, 9.17) is 5.11 Å². The van der Waals surface area contributed by atoms with Gasteiger partial charge in [-0.1, -0.05) is 12.8 Å². The van der Waals surface area contributed by atoms with E-state index in [1.807, 2.05) is 23.8 Å². The number of hydrogen-bond acceptors (Lipinski definition) is 2. The van der Waals surface area contributed by atoms with Crippen LogP contribution >= 0.6 is 0 Å². The molecule has 108 valence electrons. The zero-order valence-electron chi connectivity index (χ0n) is 11.8. The lowest BCUT2D eigenvalue weighted by atomic mass is 9.92. The fraction of sp³-hybridized carbons (Fsp3) is 0.857. The molecule has 1 saturated heterocycles. The summed E-state index contributed by atoms with van der Waals surface area (Å²) in [5, 5.41) is 9.05. The highest BCUT2D eigenvalue weighted by Gasteiger charge is 2.35. The minimum absolute atomic E-state index is 0.0196. The van der Waals surface area contributed by atoms with Crippen LogP contribution in [0.25, 0.3) is 0 Å². The number of carboxylic acids is 1. The number of nitrogens with zero attached hydrogens (tertiary/aromatic N) is 2. The van der Waals surface area contributed by atoms with E-state index in [1.165, 1.54) is 12.8 Å². The molecule has 5 heteroatoms. The summed E-state index contributed by atoms with van der Waals surface area (Å²) in [5.74, 6) is -1.03. The van der Waals surface area contributed by atoms with Crippen molar-refractivity contribution in [2.24, 2.45) is 5.92 Å². The van der Waals surface area contributed by atoms with Crippen LogP contribution in [0.4, 0.5) is 4.79 Å². The maximum Gasteiger partial charge on any atom is 0.320 e. The van der Waals surface area contributed by atoms with Crippen molar-refractivity contribution < 1.29 is 14.7 Å². The monoisotopic (exact) mass is 268 g/mol. The van der Waals surface area contributed by atoms with E-state index >= 15 is 0 Å². The Labute approximate surface area is 114 Å². The minimum Gasteiger partial charge on any atom is -0.481 e. The summed E-state index contributed by atoms with van der Waals surface area (Å²) < 4.78 is 0. The normalized spacial score (nSPS) is 28.4. The highest BCUT2D eigenvalue weighted by Crippen LogP contribution is 2.27. The van der Waals surface area contributed by atoms with E-state index in [0.717, 1.165) is 12.8 Å². The molecule has 1 saturated carbocycles. The van der Waals surface area contributed by atoms with Crippen LogP contribution in [0.15, 0.2) is 0 Å². The lowest BCUT2D eigenvalue weighted by Gasteiger charge is -2.39. The molecule has 1 heterocycles. The predicted octanol–water partition coefficient (Wildman–Crippen LogP) is 2.17. The van der Waals surface area contributed by atoms with Crippen molar-refractivity contribution in [3.8, 4) is 0 Å². The van der Waals surface area contributed by atoms with Gasteiger partial charge in [0.1, 0.15) is 0 Å². The van der Waals surface area contributed by atoms with E-state index in [1.54, 1.807) is 0 Å². The Morgan fingerprint density at radius 2 is 1.84 bits per heavy atom. The zero-order chi connectivity index (χ0) is 14.0. The van der Waals surface area contributed by atoms with Crippen molar-refractivity contribution in [1.29, 1.82) is 0 Å². The van der Waals surface area contributed by atoms with Gasteiger partial charge in [0.25, 0.3) is 0 Å². The Balaban J connectivity index is 1.94. The fourth-order valence-corrected chi connectivity index (χ4v) is 3.33. The van der Waals surface area contributed by atoms with Crippen molar-refractivity contribution >= 4 is 12.0 Å². The molecule has 0 radical (unpaired) electrons. The summed E-state index contributed by atoms with van der Waals surface area (Å²) in [6.45, 7) is 2.52. The summed E-state index contributed by atoms with van der Waals surface area (Å²) in [4.78, 5) is 27.2. The second-order valence-corrected chi connectivity index (χ2v) is 5.93. The molecule has 1 N–H and O–H groups in total. The van der Waals surface area contributed by atoms with Crippen LogP contribution in [-0.2, 0) is 4.79 Å². The number of carboxylic acid groups (broad SMARTS) is 1. The van der Waals surface area contributed by atoms with Gasteiger partial charge in [-0.3, -0.25) is 4.79 Å². The first-order chi connectivity index (χ1) is 9.00. The van der Waals surface area contributed by atoms with Gasteiger partial charge in [-0.25, -0.2) is 4.79 Å². The quantitative estimate of drug-likeness (QED) is 0.835. The first-order valence-electron chi connectivity index (χ1n) is 7.27. The first kappa shape index (κ1) is 14.2. The lowest BCUT2D eigenvalue weighted by Crippen LogP contribution is -2.52. The predicted molar refractivity (Wildman–Crippen MR) is 71.9 cm³/mol. The molecule has 2 rings (SSSR count). The number of piperidine rings is 1. The van der Waals surface area contributed by atoms with Gasteiger partial charge in [0.05, 0.1) is 5.92 Å². The highest BCUT2D eigenvalue weighted by atomic mass is 16.4. The van der Waals surface area contributed by atoms with Gasteiger partial charge in [-0.15, -0.1) is 0 Å². The number of amides is 2. The zero-order valence-corrected chi connectivity index (χ0v) is 11.8. The topological polar surface area (TPSA) is 60.9 Å². The van der Waals surface area contributed by atoms with Crippen molar-refractivity contribution in [1.82, 2.24) is 9.80 Å². The molecule has 19 heavy (non-hydrogen) atoms. The van der Waals surface area contributed by atoms with Crippen LogP contribution in [0.1, 0.15) is 45.4 Å². The van der Waals surface area contributed by atoms with E-state index in [2.05, 4.69) is 0 Å². The molecule has 0 aromatic rings. The number of carbonyl (C=O) groups is 2. The molecule has 1 aliphatic heterocycles. The van der Waals surface area contributed by atoms with Gasteiger partial charge < -0.3 is 14.9 Å². The molecular weight excluding hydrogens is 244 g/mol. The highest BCUT2D eigenvalue weighted by molar-refractivity contribution is 5.76. The third kappa shape index (κ3) is 3.01. The van der Waals surface area contributed by atoms with E-state index < -0.39 is 5.97 Å². The molecule has 5 nitrogen and oxygen atoms in total. The van der Waals surface area contributed by atoms with Gasteiger partial charge in [-0.05, 0) is 32.6 Å². The van der Waals surface area contributed by atoms with Crippen molar-refractivity contribution in [3.05, 3.63) is 0 Å². The number of hydrogen-bond donors (Lipinski definition) is 1. The first-order valence-corrected chi connectivity index (χ1v) is 7.27. The molecule has 2 aliphatic rings. The SMILES string of the molecule is CC1CC(C(=O)O)CCN1C(=O)N(C)C1CCCC1. The van der Waals surface area contributed by atoms with Crippen molar-refractivity contribution in [2.45, 2.75) is 57.5 Å². The molecule has 1 aliphatic carbocycles. The van der Waals surface area contributed by atoms with E-state index in [0.29, 0.717) is 25.4 Å². The molecule has 0 aromatic heterocycles. The van der Waals surface area contributed by atoms with Gasteiger partial charge in [-0.2, -0.15) is 0 Å². The Bertz CT molecular complexity index is 353. The van der Waals surface area contributed by atoms with Crippen molar-refractivity contribution in [2.75, 3.05) is 13.6 Å². The fourth-order valence-electron chi connectivity index (χ4n) is 3.33. The third-order valence-corrected chi connectivity index (χ3v) is 4.65. The average Bonchev–Trinajstić information content (AvgIpc) is 2.90. The summed E-state index contributed by atoms with van der Waals surface area (Å²) in [6, 6.07) is 0.464. The summed E-state index contributed by atoms with van der Waals surface area (Å²) in [6.07, 6.45) is 5.76. The van der Waals surface area contributed by atoms with Gasteiger partial charge in [0.2, 0.25) is 0 Å². The Kier molecular flexibility index (Phi) is 4.32. The van der Waals surface area contributed by atoms with E-state index in [-0.39, 0.29) is 18.0 Å². The number of rotatable bonds is 2. The number of likely N-dealkylation sites (tertiary alicyclic amines) is 1. The molecule has 2 fully saturated rings. The maximum absolute atomic E-state index is 12.5. The standard InChI is InChI=1S/C14H24N2O3/c1-10-9-11(13(17)18)7-8-16(10)14(19)15(2)12-5-3-4-6-12/h10-12H,3-9H2,1-2H3,(H,17,18).